The van der Waals surface area contributed by atoms with Crippen LogP contribution in [0.25, 0.3) is 0 Å². The van der Waals surface area contributed by atoms with Gasteiger partial charge in [-0.15, -0.1) is 0 Å². The van der Waals surface area contributed by atoms with E-state index in [0.717, 1.165) is 9.87 Å². The third-order valence-corrected chi connectivity index (χ3v) is 6.56. The Kier molecular flexibility index (Phi) is 7.56. The first-order chi connectivity index (χ1) is 15.3. The number of carbonyl (C=O) groups is 1. The zero-order valence-corrected chi connectivity index (χ0v) is 19.1. The fourth-order valence-electron chi connectivity index (χ4n) is 2.88. The summed E-state index contributed by atoms with van der Waals surface area (Å²) >= 11 is 5.96. The van der Waals surface area contributed by atoms with E-state index >= 15 is 0 Å². The molecule has 6 nitrogen and oxygen atoms in total. The Morgan fingerprint density at radius 1 is 1.03 bits per heavy atom. The molecule has 166 valence electrons. The monoisotopic (exact) mass is 470 g/mol. The summed E-state index contributed by atoms with van der Waals surface area (Å²) in [5.41, 5.74) is 1.78. The number of halogens is 1. The van der Waals surface area contributed by atoms with Gasteiger partial charge in [-0.05, 0) is 67.6 Å². The second kappa shape index (κ2) is 10.3. The van der Waals surface area contributed by atoms with Gasteiger partial charge in [-0.2, -0.15) is 0 Å². The van der Waals surface area contributed by atoms with Crippen molar-refractivity contribution in [2.24, 2.45) is 0 Å². The quantitative estimate of drug-likeness (QED) is 0.444. The van der Waals surface area contributed by atoms with E-state index < -0.39 is 22.5 Å². The molecule has 32 heavy (non-hydrogen) atoms. The summed E-state index contributed by atoms with van der Waals surface area (Å²) in [5, 5.41) is 3.19. The maximum absolute atomic E-state index is 13.4. The normalized spacial score (nSPS) is 10.9. The SMILES string of the molecule is C=CCOc1ccc(NC(=O)CN(c2ccc(Cl)cc2)S(=O)(=O)c2ccc(C)cc2)cc1. The molecule has 1 N–H and O–H groups in total. The molecule has 0 aromatic heterocycles. The summed E-state index contributed by atoms with van der Waals surface area (Å²) in [5.74, 6) is 0.142. The number of amides is 1. The molecule has 0 heterocycles. The molecule has 3 aromatic rings. The van der Waals surface area contributed by atoms with E-state index in [1.807, 2.05) is 6.92 Å². The third kappa shape index (κ3) is 5.90. The Morgan fingerprint density at radius 2 is 1.66 bits per heavy atom. The summed E-state index contributed by atoms with van der Waals surface area (Å²) < 4.78 is 33.2. The van der Waals surface area contributed by atoms with E-state index in [9.17, 15) is 13.2 Å². The number of nitrogens with one attached hydrogen (secondary N) is 1. The van der Waals surface area contributed by atoms with Gasteiger partial charge in [0.25, 0.3) is 10.0 Å². The minimum Gasteiger partial charge on any atom is -0.490 e. The van der Waals surface area contributed by atoms with Gasteiger partial charge in [0.1, 0.15) is 18.9 Å². The Balaban J connectivity index is 1.84. The molecule has 0 atom stereocenters. The van der Waals surface area contributed by atoms with Crippen LogP contribution < -0.4 is 14.4 Å². The zero-order chi connectivity index (χ0) is 23.1. The number of rotatable bonds is 9. The molecular formula is C24H23ClN2O4S. The van der Waals surface area contributed by atoms with E-state index in [0.29, 0.717) is 28.8 Å². The summed E-state index contributed by atoms with van der Waals surface area (Å²) in [6, 6.07) is 19.5. The number of carbonyl (C=O) groups excluding carboxylic acids is 1. The fourth-order valence-corrected chi connectivity index (χ4v) is 4.43. The second-order valence-electron chi connectivity index (χ2n) is 6.97. The average Bonchev–Trinajstić information content (AvgIpc) is 2.78. The van der Waals surface area contributed by atoms with Crippen molar-refractivity contribution in [3.63, 3.8) is 0 Å². The van der Waals surface area contributed by atoms with Crippen LogP contribution in [-0.2, 0) is 14.8 Å². The molecule has 1 amide bonds. The Bertz CT molecular complexity index is 1180. The minimum atomic E-state index is -3.99. The average molecular weight is 471 g/mol. The molecule has 0 aliphatic carbocycles. The Hall–Kier alpha value is -3.29. The van der Waals surface area contributed by atoms with Crippen molar-refractivity contribution in [3.8, 4) is 5.75 Å². The third-order valence-electron chi connectivity index (χ3n) is 4.52. The lowest BCUT2D eigenvalue weighted by atomic mass is 10.2. The van der Waals surface area contributed by atoms with Crippen LogP contribution in [0.1, 0.15) is 5.56 Å². The molecule has 0 fully saturated rings. The van der Waals surface area contributed by atoms with Gasteiger partial charge in [-0.25, -0.2) is 8.42 Å². The summed E-state index contributed by atoms with van der Waals surface area (Å²) in [6.45, 7) is 5.43. The van der Waals surface area contributed by atoms with Gasteiger partial charge < -0.3 is 10.1 Å². The van der Waals surface area contributed by atoms with E-state index in [2.05, 4.69) is 11.9 Å². The van der Waals surface area contributed by atoms with Crippen LogP contribution in [-0.4, -0.2) is 27.5 Å². The van der Waals surface area contributed by atoms with Crippen LogP contribution in [0.2, 0.25) is 5.02 Å². The molecular weight excluding hydrogens is 448 g/mol. The molecule has 0 radical (unpaired) electrons. The van der Waals surface area contributed by atoms with E-state index in [-0.39, 0.29) is 4.90 Å². The number of hydrogen-bond acceptors (Lipinski definition) is 4. The largest absolute Gasteiger partial charge is 0.490 e. The molecule has 0 bridgehead atoms. The predicted molar refractivity (Wildman–Crippen MR) is 128 cm³/mol. The van der Waals surface area contributed by atoms with Crippen molar-refractivity contribution >= 4 is 38.9 Å². The number of nitrogens with zero attached hydrogens (tertiary/aromatic N) is 1. The van der Waals surface area contributed by atoms with Gasteiger partial charge in [0.15, 0.2) is 0 Å². The van der Waals surface area contributed by atoms with Crippen molar-refractivity contribution in [2.45, 2.75) is 11.8 Å². The molecule has 0 aliphatic heterocycles. The summed E-state index contributed by atoms with van der Waals surface area (Å²) in [7, 11) is -3.99. The zero-order valence-electron chi connectivity index (χ0n) is 17.5. The molecule has 0 saturated carbocycles. The number of benzene rings is 3. The second-order valence-corrected chi connectivity index (χ2v) is 9.27. The number of aryl methyl sites for hydroxylation is 1. The predicted octanol–water partition coefficient (Wildman–Crippen LogP) is 5.05. The van der Waals surface area contributed by atoms with Gasteiger partial charge in [-0.1, -0.05) is 42.0 Å². The highest BCUT2D eigenvalue weighted by Crippen LogP contribution is 2.26. The smallest absolute Gasteiger partial charge is 0.264 e. The highest BCUT2D eigenvalue weighted by Gasteiger charge is 2.27. The number of ether oxygens (including phenoxy) is 1. The molecule has 0 aliphatic rings. The van der Waals surface area contributed by atoms with Crippen molar-refractivity contribution in [2.75, 3.05) is 22.8 Å². The van der Waals surface area contributed by atoms with Crippen LogP contribution in [0.3, 0.4) is 0 Å². The molecule has 0 spiro atoms. The molecule has 0 saturated heterocycles. The Morgan fingerprint density at radius 3 is 2.25 bits per heavy atom. The fraction of sp³-hybridized carbons (Fsp3) is 0.125. The first kappa shape index (κ1) is 23.4. The lowest BCUT2D eigenvalue weighted by Gasteiger charge is -2.24. The van der Waals surface area contributed by atoms with Gasteiger partial charge >= 0.3 is 0 Å². The Labute approximate surface area is 193 Å². The van der Waals surface area contributed by atoms with Crippen LogP contribution >= 0.6 is 11.6 Å². The van der Waals surface area contributed by atoms with Gasteiger partial charge in [-0.3, -0.25) is 9.10 Å². The number of sulfonamides is 1. The van der Waals surface area contributed by atoms with Crippen molar-refractivity contribution in [1.29, 1.82) is 0 Å². The minimum absolute atomic E-state index is 0.0922. The first-order valence-electron chi connectivity index (χ1n) is 9.78. The lowest BCUT2D eigenvalue weighted by molar-refractivity contribution is -0.114. The van der Waals surface area contributed by atoms with E-state index in [4.69, 9.17) is 16.3 Å². The van der Waals surface area contributed by atoms with Crippen LogP contribution in [0.15, 0.2) is 90.3 Å². The van der Waals surface area contributed by atoms with Crippen LogP contribution in [0, 0.1) is 6.92 Å². The molecule has 8 heteroatoms. The standard InChI is InChI=1S/C24H23ClN2O4S/c1-3-16-31-22-12-8-20(9-13-22)26-24(28)17-27(21-10-6-19(25)7-11-21)32(29,30)23-14-4-18(2)5-15-23/h3-15H,1,16-17H2,2H3,(H,26,28). The van der Waals surface area contributed by atoms with Crippen molar-refractivity contribution in [3.05, 3.63) is 96.0 Å². The first-order valence-corrected chi connectivity index (χ1v) is 11.6. The van der Waals surface area contributed by atoms with Crippen LogP contribution in [0.5, 0.6) is 5.75 Å². The molecule has 0 unspecified atom stereocenters. The highest BCUT2D eigenvalue weighted by molar-refractivity contribution is 7.92. The van der Waals surface area contributed by atoms with Crippen molar-refractivity contribution < 1.29 is 17.9 Å². The van der Waals surface area contributed by atoms with E-state index in [1.54, 1.807) is 66.7 Å². The topological polar surface area (TPSA) is 75.7 Å². The number of anilines is 2. The molecule has 3 aromatic carbocycles. The summed E-state index contributed by atoms with van der Waals surface area (Å²) in [4.78, 5) is 12.9. The van der Waals surface area contributed by atoms with Crippen LogP contribution in [0.4, 0.5) is 11.4 Å². The maximum atomic E-state index is 13.4. The van der Waals surface area contributed by atoms with Gasteiger partial charge in [0.2, 0.25) is 5.91 Å². The van der Waals surface area contributed by atoms with Gasteiger partial charge in [0, 0.05) is 10.7 Å². The molecule has 3 rings (SSSR count). The van der Waals surface area contributed by atoms with Gasteiger partial charge in [0.05, 0.1) is 10.6 Å². The van der Waals surface area contributed by atoms with E-state index in [1.165, 1.54) is 12.1 Å². The lowest BCUT2D eigenvalue weighted by Crippen LogP contribution is -2.38. The number of hydrogen-bond donors (Lipinski definition) is 1. The summed E-state index contributed by atoms with van der Waals surface area (Å²) in [6.07, 6.45) is 1.63. The highest BCUT2D eigenvalue weighted by atomic mass is 35.5. The van der Waals surface area contributed by atoms with Crippen molar-refractivity contribution in [1.82, 2.24) is 0 Å². The maximum Gasteiger partial charge on any atom is 0.264 e.